The molecule has 1 fully saturated rings. The van der Waals surface area contributed by atoms with E-state index in [1.54, 1.807) is 0 Å². The molecule has 1 heterocycles. The highest BCUT2D eigenvalue weighted by Crippen LogP contribution is 2.43. The van der Waals surface area contributed by atoms with E-state index in [9.17, 15) is 32.7 Å². The third kappa shape index (κ3) is 3.82. The predicted molar refractivity (Wildman–Crippen MR) is 83.3 cm³/mol. The van der Waals surface area contributed by atoms with Gasteiger partial charge in [-0.25, -0.2) is 9.59 Å². The number of benzene rings is 1. The topological polar surface area (TPSA) is 114 Å². The molecule has 0 radical (unpaired) electrons. The van der Waals surface area contributed by atoms with Crippen LogP contribution in [-0.2, 0) is 14.3 Å². The molecule has 0 aliphatic carbocycles. The second kappa shape index (κ2) is 7.43. The van der Waals surface area contributed by atoms with Gasteiger partial charge in [-0.05, 0) is 24.6 Å². The van der Waals surface area contributed by atoms with E-state index >= 15 is 0 Å². The number of carbonyl (C=O) groups is 3. The molecular weight excluding hydrogens is 373 g/mol. The Morgan fingerprint density at radius 3 is 2.33 bits per heavy atom. The first kappa shape index (κ1) is 20.5. The number of nitrogens with one attached hydrogen (secondary N) is 2. The van der Waals surface area contributed by atoms with Gasteiger partial charge in [0, 0.05) is 0 Å². The average Bonchev–Trinajstić information content (AvgIpc) is 2.59. The highest BCUT2D eigenvalue weighted by atomic mass is 19.4. The van der Waals surface area contributed by atoms with Crippen molar-refractivity contribution >= 4 is 18.0 Å². The van der Waals surface area contributed by atoms with Crippen LogP contribution in [0.25, 0.3) is 0 Å². The van der Waals surface area contributed by atoms with Crippen molar-refractivity contribution in [3.8, 4) is 0 Å². The first-order valence-corrected chi connectivity index (χ1v) is 7.77. The molecule has 1 aliphatic heterocycles. The fourth-order valence-electron chi connectivity index (χ4n) is 2.76. The van der Waals surface area contributed by atoms with Gasteiger partial charge in [-0.15, -0.1) is 0 Å². The minimum atomic E-state index is -5.35. The largest absolute Gasteiger partial charge is 0.466 e. The smallest absolute Gasteiger partial charge is 0.437 e. The first-order chi connectivity index (χ1) is 12.5. The van der Waals surface area contributed by atoms with Gasteiger partial charge in [-0.1, -0.05) is 12.1 Å². The van der Waals surface area contributed by atoms with E-state index < -0.39 is 41.8 Å². The molecule has 2 amide bonds. The molecule has 148 valence electrons. The Kier molecular flexibility index (Phi) is 5.64. The van der Waals surface area contributed by atoms with Crippen LogP contribution in [0.5, 0.6) is 0 Å². The van der Waals surface area contributed by atoms with Crippen LogP contribution in [0.3, 0.4) is 0 Å². The molecule has 11 heteroatoms. The Morgan fingerprint density at radius 2 is 1.85 bits per heavy atom. The zero-order chi connectivity index (χ0) is 20.4. The highest BCUT2D eigenvalue weighted by molar-refractivity contribution is 5.89. The normalized spacial score (nSPS) is 25.2. The molecule has 0 aromatic heterocycles. The Hall–Kier alpha value is -2.82. The number of hydrogen-bond acceptors (Lipinski definition) is 6. The average molecular weight is 390 g/mol. The first-order valence-electron chi connectivity index (χ1n) is 7.77. The number of amides is 2. The molecule has 3 atom stereocenters. The Labute approximate surface area is 151 Å². The molecular formula is C16H17F3N2O6. The van der Waals surface area contributed by atoms with E-state index in [1.807, 2.05) is 0 Å². The van der Waals surface area contributed by atoms with Crippen molar-refractivity contribution in [1.82, 2.24) is 10.6 Å². The minimum absolute atomic E-state index is 0.0539. The van der Waals surface area contributed by atoms with E-state index in [2.05, 4.69) is 14.8 Å². The molecule has 2 rings (SSSR count). The molecule has 1 aromatic rings. The van der Waals surface area contributed by atoms with Crippen molar-refractivity contribution in [3.05, 3.63) is 35.4 Å². The monoisotopic (exact) mass is 390 g/mol. The van der Waals surface area contributed by atoms with Crippen LogP contribution in [0, 0.1) is 5.92 Å². The summed E-state index contributed by atoms with van der Waals surface area (Å²) in [4.78, 5) is 35.5. The van der Waals surface area contributed by atoms with E-state index in [4.69, 9.17) is 0 Å². The van der Waals surface area contributed by atoms with Gasteiger partial charge >= 0.3 is 24.1 Å². The fraction of sp³-hybridized carbons (Fsp3) is 0.438. The van der Waals surface area contributed by atoms with E-state index in [0.717, 1.165) is 7.11 Å². The number of rotatable bonds is 4. The summed E-state index contributed by atoms with van der Waals surface area (Å²) in [5.41, 5.74) is -3.67. The van der Waals surface area contributed by atoms with Crippen molar-refractivity contribution in [1.29, 1.82) is 0 Å². The van der Waals surface area contributed by atoms with Gasteiger partial charge in [0.15, 0.2) is 0 Å². The van der Waals surface area contributed by atoms with Gasteiger partial charge in [-0.3, -0.25) is 4.79 Å². The number of hydrogen-bond donors (Lipinski definition) is 3. The molecule has 1 saturated heterocycles. The zero-order valence-corrected chi connectivity index (χ0v) is 14.3. The summed E-state index contributed by atoms with van der Waals surface area (Å²) >= 11 is 0. The number of methoxy groups -OCH3 is 1. The number of carbonyl (C=O) groups excluding carboxylic acids is 3. The molecule has 0 bridgehead atoms. The minimum Gasteiger partial charge on any atom is -0.466 e. The summed E-state index contributed by atoms with van der Waals surface area (Å²) in [5, 5.41) is 13.7. The molecule has 27 heavy (non-hydrogen) atoms. The maximum absolute atomic E-state index is 13.5. The molecule has 1 aromatic carbocycles. The van der Waals surface area contributed by atoms with Crippen molar-refractivity contribution in [2.45, 2.75) is 24.9 Å². The van der Waals surface area contributed by atoms with Gasteiger partial charge in [0.25, 0.3) is 5.72 Å². The number of aliphatic hydroxyl groups is 1. The Balaban J connectivity index is 2.51. The van der Waals surface area contributed by atoms with Crippen LogP contribution in [0.4, 0.5) is 18.0 Å². The SMILES string of the molecule is CCOC(=O)C1C(c2ccc(C(=O)OC)cc2)NC(=O)NC1(O)C(F)(F)F. The second-order valence-corrected chi connectivity index (χ2v) is 5.68. The van der Waals surface area contributed by atoms with Gasteiger partial charge in [-0.2, -0.15) is 13.2 Å². The third-order valence-electron chi connectivity index (χ3n) is 4.04. The van der Waals surface area contributed by atoms with Gasteiger partial charge in [0.2, 0.25) is 0 Å². The number of urea groups is 1. The lowest BCUT2D eigenvalue weighted by Crippen LogP contribution is -2.73. The number of halogens is 3. The highest BCUT2D eigenvalue weighted by Gasteiger charge is 2.67. The van der Waals surface area contributed by atoms with Crippen LogP contribution in [0.15, 0.2) is 24.3 Å². The van der Waals surface area contributed by atoms with Gasteiger partial charge in [0.1, 0.15) is 5.92 Å². The van der Waals surface area contributed by atoms with Gasteiger partial charge < -0.3 is 25.2 Å². The van der Waals surface area contributed by atoms with Crippen molar-refractivity contribution in [3.63, 3.8) is 0 Å². The molecule has 8 nitrogen and oxygen atoms in total. The maximum Gasteiger partial charge on any atom is 0.437 e. The number of alkyl halides is 3. The van der Waals surface area contributed by atoms with E-state index in [0.29, 0.717) is 0 Å². The summed E-state index contributed by atoms with van der Waals surface area (Å²) in [7, 11) is 1.16. The lowest BCUT2D eigenvalue weighted by Gasteiger charge is -2.44. The molecule has 3 N–H and O–H groups in total. The lowest BCUT2D eigenvalue weighted by molar-refractivity contribution is -0.294. The number of ether oxygens (including phenoxy) is 2. The van der Waals surface area contributed by atoms with Crippen molar-refractivity contribution < 1.29 is 42.1 Å². The van der Waals surface area contributed by atoms with Crippen molar-refractivity contribution in [2.24, 2.45) is 5.92 Å². The van der Waals surface area contributed by atoms with Crippen LogP contribution in [-0.4, -0.2) is 48.7 Å². The maximum atomic E-state index is 13.5. The zero-order valence-electron chi connectivity index (χ0n) is 14.3. The summed E-state index contributed by atoms with van der Waals surface area (Å²) in [6, 6.07) is 2.11. The fourth-order valence-corrected chi connectivity index (χ4v) is 2.76. The summed E-state index contributed by atoms with van der Waals surface area (Å²) in [5.74, 6) is -4.25. The third-order valence-corrected chi connectivity index (χ3v) is 4.04. The van der Waals surface area contributed by atoms with E-state index in [1.165, 1.54) is 36.5 Å². The quantitative estimate of drug-likeness (QED) is 0.667. The van der Waals surface area contributed by atoms with Crippen molar-refractivity contribution in [2.75, 3.05) is 13.7 Å². The standard InChI is InChI=1S/C16H17F3N2O6/c1-3-27-13(23)10-11(8-4-6-9(7-5-8)12(22)26-2)20-14(24)21-15(10,25)16(17,18)19/h4-7,10-11,25H,3H2,1-2H3,(H2,20,21,24). The molecule has 1 aliphatic rings. The summed E-state index contributed by atoms with van der Waals surface area (Å²) < 4.78 is 49.7. The Morgan fingerprint density at radius 1 is 1.26 bits per heavy atom. The molecule has 0 spiro atoms. The summed E-state index contributed by atoms with van der Waals surface area (Å²) in [6.07, 6.45) is -5.35. The summed E-state index contributed by atoms with van der Waals surface area (Å²) in [6.45, 7) is 1.16. The Bertz CT molecular complexity index is 737. The number of esters is 2. The van der Waals surface area contributed by atoms with Crippen LogP contribution < -0.4 is 10.6 Å². The second-order valence-electron chi connectivity index (χ2n) is 5.68. The predicted octanol–water partition coefficient (Wildman–Crippen LogP) is 1.26. The van der Waals surface area contributed by atoms with E-state index in [-0.39, 0.29) is 17.7 Å². The van der Waals surface area contributed by atoms with Crippen LogP contribution >= 0.6 is 0 Å². The lowest BCUT2D eigenvalue weighted by atomic mass is 9.82. The van der Waals surface area contributed by atoms with Crippen LogP contribution in [0.2, 0.25) is 0 Å². The molecule has 3 unspecified atom stereocenters. The van der Waals surface area contributed by atoms with Gasteiger partial charge in [0.05, 0.1) is 25.3 Å². The molecule has 0 saturated carbocycles. The van der Waals surface area contributed by atoms with Crippen LogP contribution in [0.1, 0.15) is 28.9 Å².